The molecule has 0 aromatic heterocycles. The van der Waals surface area contributed by atoms with E-state index in [-0.39, 0.29) is 25.6 Å². The third-order valence-electron chi connectivity index (χ3n) is 3.59. The summed E-state index contributed by atoms with van der Waals surface area (Å²) < 4.78 is 28.8. The molecule has 2 aromatic carbocycles. The van der Waals surface area contributed by atoms with E-state index in [0.717, 1.165) is 0 Å². The smallest absolute Gasteiger partial charge is 0.311 e. The standard InChI is InChI=1S/C17H15FO5/c18-12-2-4-13(5-3-12)21-8-7-14(17(19)20)11-1-6-15-16(9-11)23-10-22-15/h1-6,9,14H,7-8,10H2,(H,19,20). The molecule has 1 heterocycles. The number of ether oxygens (including phenoxy) is 3. The topological polar surface area (TPSA) is 65.0 Å². The maximum absolute atomic E-state index is 12.8. The van der Waals surface area contributed by atoms with Crippen LogP contribution in [0, 0.1) is 5.82 Å². The van der Waals surface area contributed by atoms with E-state index in [1.54, 1.807) is 18.2 Å². The molecule has 1 unspecified atom stereocenters. The minimum Gasteiger partial charge on any atom is -0.494 e. The first-order chi connectivity index (χ1) is 11.1. The van der Waals surface area contributed by atoms with Crippen molar-refractivity contribution in [2.24, 2.45) is 0 Å². The van der Waals surface area contributed by atoms with Crippen molar-refractivity contribution < 1.29 is 28.5 Å². The maximum Gasteiger partial charge on any atom is 0.311 e. The fourth-order valence-electron chi connectivity index (χ4n) is 2.39. The van der Waals surface area contributed by atoms with Gasteiger partial charge < -0.3 is 19.3 Å². The van der Waals surface area contributed by atoms with Gasteiger partial charge in [0.05, 0.1) is 12.5 Å². The number of carboxylic acid groups (broad SMARTS) is 1. The lowest BCUT2D eigenvalue weighted by molar-refractivity contribution is -0.139. The van der Waals surface area contributed by atoms with Gasteiger partial charge >= 0.3 is 5.97 Å². The van der Waals surface area contributed by atoms with Crippen molar-refractivity contribution in [1.29, 1.82) is 0 Å². The second-order valence-corrected chi connectivity index (χ2v) is 5.09. The Labute approximate surface area is 132 Å². The minimum absolute atomic E-state index is 0.143. The summed E-state index contributed by atoms with van der Waals surface area (Å²) in [6.07, 6.45) is 0.284. The lowest BCUT2D eigenvalue weighted by atomic mass is 9.96. The molecule has 2 aromatic rings. The third kappa shape index (κ3) is 3.53. The number of hydrogen-bond donors (Lipinski definition) is 1. The monoisotopic (exact) mass is 318 g/mol. The van der Waals surface area contributed by atoms with Crippen LogP contribution in [0.3, 0.4) is 0 Å². The zero-order chi connectivity index (χ0) is 16.2. The normalized spacial score (nSPS) is 13.6. The molecule has 0 bridgehead atoms. The molecule has 0 aliphatic carbocycles. The Balaban J connectivity index is 1.65. The van der Waals surface area contributed by atoms with Crippen LogP contribution in [0.15, 0.2) is 42.5 Å². The van der Waals surface area contributed by atoms with Crippen LogP contribution in [0.2, 0.25) is 0 Å². The maximum atomic E-state index is 12.8. The number of carbonyl (C=O) groups is 1. The zero-order valence-corrected chi connectivity index (χ0v) is 12.2. The largest absolute Gasteiger partial charge is 0.494 e. The van der Waals surface area contributed by atoms with Crippen molar-refractivity contribution in [2.75, 3.05) is 13.4 Å². The summed E-state index contributed by atoms with van der Waals surface area (Å²) in [5.41, 5.74) is 0.629. The lowest BCUT2D eigenvalue weighted by Crippen LogP contribution is -2.15. The van der Waals surface area contributed by atoms with Gasteiger partial charge in [-0.2, -0.15) is 0 Å². The molecule has 1 atom stereocenters. The first-order valence-corrected chi connectivity index (χ1v) is 7.14. The average molecular weight is 318 g/mol. The third-order valence-corrected chi connectivity index (χ3v) is 3.59. The van der Waals surface area contributed by atoms with Gasteiger partial charge in [-0.1, -0.05) is 6.07 Å². The van der Waals surface area contributed by atoms with E-state index in [2.05, 4.69) is 0 Å². The highest BCUT2D eigenvalue weighted by molar-refractivity contribution is 5.76. The number of aliphatic carboxylic acids is 1. The van der Waals surface area contributed by atoms with Crippen molar-refractivity contribution in [2.45, 2.75) is 12.3 Å². The predicted octanol–water partition coefficient (Wildman–Crippen LogP) is 3.19. The number of halogens is 1. The summed E-state index contributed by atoms with van der Waals surface area (Å²) in [5.74, 6) is -0.340. The van der Waals surface area contributed by atoms with E-state index in [1.165, 1.54) is 24.3 Å². The van der Waals surface area contributed by atoms with Gasteiger partial charge in [-0.15, -0.1) is 0 Å². The van der Waals surface area contributed by atoms with Crippen molar-refractivity contribution in [1.82, 2.24) is 0 Å². The average Bonchev–Trinajstić information content (AvgIpc) is 3.00. The number of fused-ring (bicyclic) bond motifs is 1. The highest BCUT2D eigenvalue weighted by Gasteiger charge is 2.23. The molecule has 0 radical (unpaired) electrons. The molecule has 0 fully saturated rings. The molecule has 0 spiro atoms. The van der Waals surface area contributed by atoms with Gasteiger partial charge in [0.15, 0.2) is 11.5 Å². The quantitative estimate of drug-likeness (QED) is 0.886. The fourth-order valence-corrected chi connectivity index (χ4v) is 2.39. The van der Waals surface area contributed by atoms with E-state index in [0.29, 0.717) is 22.8 Å². The van der Waals surface area contributed by atoms with E-state index >= 15 is 0 Å². The van der Waals surface area contributed by atoms with Crippen LogP contribution in [-0.4, -0.2) is 24.5 Å². The van der Waals surface area contributed by atoms with Crippen molar-refractivity contribution in [3.05, 3.63) is 53.8 Å². The molecule has 0 saturated carbocycles. The highest BCUT2D eigenvalue weighted by atomic mass is 19.1. The molecule has 1 aliphatic rings. The van der Waals surface area contributed by atoms with E-state index in [9.17, 15) is 14.3 Å². The summed E-state index contributed by atoms with van der Waals surface area (Å²) in [6.45, 7) is 0.348. The van der Waals surface area contributed by atoms with Crippen LogP contribution in [0.5, 0.6) is 17.2 Å². The molecule has 5 nitrogen and oxygen atoms in total. The summed E-state index contributed by atoms with van der Waals surface area (Å²) >= 11 is 0. The lowest BCUT2D eigenvalue weighted by Gasteiger charge is -2.14. The highest BCUT2D eigenvalue weighted by Crippen LogP contribution is 2.35. The van der Waals surface area contributed by atoms with E-state index < -0.39 is 11.9 Å². The molecule has 23 heavy (non-hydrogen) atoms. The molecule has 1 N–H and O–H groups in total. The first kappa shape index (κ1) is 15.1. The van der Waals surface area contributed by atoms with Gasteiger partial charge in [0.25, 0.3) is 0 Å². The summed E-state index contributed by atoms with van der Waals surface area (Å²) in [7, 11) is 0. The summed E-state index contributed by atoms with van der Waals surface area (Å²) in [4.78, 5) is 11.5. The number of benzene rings is 2. The Morgan fingerprint density at radius 1 is 1.17 bits per heavy atom. The second-order valence-electron chi connectivity index (χ2n) is 5.09. The van der Waals surface area contributed by atoms with Gasteiger partial charge in [-0.3, -0.25) is 4.79 Å². The van der Waals surface area contributed by atoms with Crippen LogP contribution in [0.1, 0.15) is 17.9 Å². The first-order valence-electron chi connectivity index (χ1n) is 7.14. The second kappa shape index (κ2) is 6.56. The zero-order valence-electron chi connectivity index (χ0n) is 12.2. The molecule has 0 amide bonds. The molecule has 0 saturated heterocycles. The Hall–Kier alpha value is -2.76. The molecule has 120 valence electrons. The Morgan fingerprint density at radius 3 is 2.65 bits per heavy atom. The van der Waals surface area contributed by atoms with Gasteiger partial charge in [0.1, 0.15) is 11.6 Å². The SMILES string of the molecule is O=C(O)C(CCOc1ccc(F)cc1)c1ccc2c(c1)OCO2. The van der Waals surface area contributed by atoms with Gasteiger partial charge in [0, 0.05) is 0 Å². The van der Waals surface area contributed by atoms with Gasteiger partial charge in [-0.05, 0) is 48.4 Å². The Bertz CT molecular complexity index is 699. The molecule has 6 heteroatoms. The fraction of sp³-hybridized carbons (Fsp3) is 0.235. The van der Waals surface area contributed by atoms with Crippen molar-refractivity contribution in [3.8, 4) is 17.2 Å². The van der Waals surface area contributed by atoms with E-state index in [1.807, 2.05) is 0 Å². The number of carboxylic acids is 1. The Morgan fingerprint density at radius 2 is 1.91 bits per heavy atom. The molecule has 1 aliphatic heterocycles. The van der Waals surface area contributed by atoms with E-state index in [4.69, 9.17) is 14.2 Å². The summed E-state index contributed by atoms with van der Waals surface area (Å²) in [5, 5.41) is 9.43. The number of hydrogen-bond acceptors (Lipinski definition) is 4. The van der Waals surface area contributed by atoms with Gasteiger partial charge in [-0.25, -0.2) is 4.39 Å². The predicted molar refractivity (Wildman–Crippen MR) is 79.5 cm³/mol. The van der Waals surface area contributed by atoms with Crippen molar-refractivity contribution in [3.63, 3.8) is 0 Å². The van der Waals surface area contributed by atoms with Crippen LogP contribution in [0.4, 0.5) is 4.39 Å². The molecule has 3 rings (SSSR count). The van der Waals surface area contributed by atoms with Crippen LogP contribution in [-0.2, 0) is 4.79 Å². The summed E-state index contributed by atoms with van der Waals surface area (Å²) in [6, 6.07) is 10.7. The Kier molecular flexibility index (Phi) is 4.32. The number of rotatable bonds is 6. The molecular weight excluding hydrogens is 303 g/mol. The van der Waals surface area contributed by atoms with Crippen LogP contribution < -0.4 is 14.2 Å². The molecular formula is C17H15FO5. The van der Waals surface area contributed by atoms with Crippen LogP contribution in [0.25, 0.3) is 0 Å². The minimum atomic E-state index is -0.938. The van der Waals surface area contributed by atoms with Crippen molar-refractivity contribution >= 4 is 5.97 Å². The van der Waals surface area contributed by atoms with Gasteiger partial charge in [0.2, 0.25) is 6.79 Å². The van der Waals surface area contributed by atoms with Crippen LogP contribution >= 0.6 is 0 Å².